The SMILES string of the molecule is CC(C)c1nnn(-c2c(Cl)cccc2Cl)c1COc1ccc(-c2ccccc2)cc1. The van der Waals surface area contributed by atoms with E-state index >= 15 is 0 Å². The summed E-state index contributed by atoms with van der Waals surface area (Å²) >= 11 is 12.8. The first-order valence-corrected chi connectivity index (χ1v) is 10.5. The van der Waals surface area contributed by atoms with Gasteiger partial charge in [-0.15, -0.1) is 5.10 Å². The number of para-hydroxylation sites is 1. The van der Waals surface area contributed by atoms with Crippen molar-refractivity contribution >= 4 is 23.2 Å². The van der Waals surface area contributed by atoms with Crippen molar-refractivity contribution in [3.63, 3.8) is 0 Å². The Morgan fingerprint density at radius 3 is 2.10 bits per heavy atom. The molecule has 6 heteroatoms. The van der Waals surface area contributed by atoms with Crippen LogP contribution in [-0.4, -0.2) is 15.0 Å². The summed E-state index contributed by atoms with van der Waals surface area (Å²) < 4.78 is 7.77. The Labute approximate surface area is 186 Å². The predicted molar refractivity (Wildman–Crippen MR) is 122 cm³/mol. The van der Waals surface area contributed by atoms with Gasteiger partial charge in [0.15, 0.2) is 0 Å². The highest BCUT2D eigenvalue weighted by atomic mass is 35.5. The van der Waals surface area contributed by atoms with Crippen LogP contribution in [0.5, 0.6) is 5.75 Å². The number of aromatic nitrogens is 3. The number of ether oxygens (including phenoxy) is 1. The zero-order chi connectivity index (χ0) is 21.1. The van der Waals surface area contributed by atoms with E-state index < -0.39 is 0 Å². The van der Waals surface area contributed by atoms with Gasteiger partial charge in [-0.05, 0) is 41.3 Å². The molecule has 0 saturated carbocycles. The molecule has 0 amide bonds. The summed E-state index contributed by atoms with van der Waals surface area (Å²) in [4.78, 5) is 0. The molecule has 0 unspecified atom stereocenters. The van der Waals surface area contributed by atoms with E-state index in [2.05, 4.69) is 48.4 Å². The molecule has 4 rings (SSSR count). The first-order chi connectivity index (χ1) is 14.5. The van der Waals surface area contributed by atoms with E-state index in [-0.39, 0.29) is 5.92 Å². The van der Waals surface area contributed by atoms with Gasteiger partial charge in [0.25, 0.3) is 0 Å². The van der Waals surface area contributed by atoms with Crippen LogP contribution in [0.15, 0.2) is 72.8 Å². The number of benzene rings is 3. The van der Waals surface area contributed by atoms with E-state index in [0.29, 0.717) is 22.3 Å². The van der Waals surface area contributed by atoms with E-state index in [0.717, 1.165) is 22.7 Å². The third-order valence-electron chi connectivity index (χ3n) is 4.83. The van der Waals surface area contributed by atoms with Gasteiger partial charge < -0.3 is 4.74 Å². The van der Waals surface area contributed by atoms with Gasteiger partial charge in [-0.25, -0.2) is 4.68 Å². The molecular weight excluding hydrogens is 417 g/mol. The average molecular weight is 438 g/mol. The third-order valence-corrected chi connectivity index (χ3v) is 5.44. The van der Waals surface area contributed by atoms with E-state index in [1.54, 1.807) is 22.9 Å². The predicted octanol–water partition coefficient (Wildman–Crippen LogP) is 6.94. The quantitative estimate of drug-likeness (QED) is 0.327. The lowest BCUT2D eigenvalue weighted by atomic mass is 10.1. The van der Waals surface area contributed by atoms with Gasteiger partial charge in [-0.1, -0.05) is 90.8 Å². The smallest absolute Gasteiger partial charge is 0.132 e. The second-order valence-electron chi connectivity index (χ2n) is 7.24. The first kappa shape index (κ1) is 20.5. The van der Waals surface area contributed by atoms with Gasteiger partial charge >= 0.3 is 0 Å². The molecule has 152 valence electrons. The zero-order valence-corrected chi connectivity index (χ0v) is 18.2. The molecule has 4 nitrogen and oxygen atoms in total. The summed E-state index contributed by atoms with van der Waals surface area (Å²) in [6.45, 7) is 4.44. The van der Waals surface area contributed by atoms with Gasteiger partial charge in [0.05, 0.1) is 15.7 Å². The summed E-state index contributed by atoms with van der Waals surface area (Å²) in [6, 6.07) is 23.6. The fourth-order valence-electron chi connectivity index (χ4n) is 3.29. The van der Waals surface area contributed by atoms with Gasteiger partial charge in [0.2, 0.25) is 0 Å². The Hall–Kier alpha value is -2.82. The number of hydrogen-bond donors (Lipinski definition) is 0. The Bertz CT molecular complexity index is 1120. The minimum absolute atomic E-state index is 0.180. The van der Waals surface area contributed by atoms with Crippen molar-refractivity contribution in [2.75, 3.05) is 0 Å². The maximum atomic E-state index is 6.40. The van der Waals surface area contributed by atoms with Gasteiger partial charge in [0.1, 0.15) is 23.7 Å². The number of rotatable bonds is 6. The molecule has 1 heterocycles. The number of hydrogen-bond acceptors (Lipinski definition) is 3. The normalized spacial score (nSPS) is 11.1. The average Bonchev–Trinajstić information content (AvgIpc) is 3.17. The van der Waals surface area contributed by atoms with Crippen LogP contribution in [-0.2, 0) is 6.61 Å². The van der Waals surface area contributed by atoms with Crippen LogP contribution in [0.2, 0.25) is 10.0 Å². The highest BCUT2D eigenvalue weighted by Gasteiger charge is 2.20. The molecule has 0 aliphatic rings. The summed E-state index contributed by atoms with van der Waals surface area (Å²) in [7, 11) is 0. The van der Waals surface area contributed by atoms with Crippen molar-refractivity contribution in [3.8, 4) is 22.6 Å². The van der Waals surface area contributed by atoms with Crippen LogP contribution in [0.4, 0.5) is 0 Å². The van der Waals surface area contributed by atoms with Crippen LogP contribution in [0.25, 0.3) is 16.8 Å². The van der Waals surface area contributed by atoms with Crippen molar-refractivity contribution in [1.29, 1.82) is 0 Å². The minimum Gasteiger partial charge on any atom is -0.487 e. The van der Waals surface area contributed by atoms with Crippen molar-refractivity contribution in [2.45, 2.75) is 26.4 Å². The number of halogens is 2. The van der Waals surface area contributed by atoms with Crippen LogP contribution in [0, 0.1) is 0 Å². The van der Waals surface area contributed by atoms with Crippen LogP contribution in [0.1, 0.15) is 31.2 Å². The molecule has 0 aliphatic heterocycles. The lowest BCUT2D eigenvalue weighted by Gasteiger charge is -2.13. The highest BCUT2D eigenvalue weighted by molar-refractivity contribution is 6.37. The summed E-state index contributed by atoms with van der Waals surface area (Å²) in [5.41, 5.74) is 4.60. The monoisotopic (exact) mass is 437 g/mol. The van der Waals surface area contributed by atoms with Crippen molar-refractivity contribution < 1.29 is 4.74 Å². The molecule has 0 saturated heterocycles. The highest BCUT2D eigenvalue weighted by Crippen LogP contribution is 2.31. The van der Waals surface area contributed by atoms with Crippen molar-refractivity contribution in [1.82, 2.24) is 15.0 Å². The Balaban J connectivity index is 1.61. The lowest BCUT2D eigenvalue weighted by molar-refractivity contribution is 0.296. The summed E-state index contributed by atoms with van der Waals surface area (Å²) in [6.07, 6.45) is 0. The zero-order valence-electron chi connectivity index (χ0n) is 16.7. The molecular formula is C24H21Cl2N3O. The first-order valence-electron chi connectivity index (χ1n) is 9.71. The molecule has 3 aromatic carbocycles. The largest absolute Gasteiger partial charge is 0.487 e. The molecule has 4 aromatic rings. The van der Waals surface area contributed by atoms with Gasteiger partial charge in [0, 0.05) is 0 Å². The summed E-state index contributed by atoms with van der Waals surface area (Å²) in [5.74, 6) is 0.946. The van der Waals surface area contributed by atoms with E-state index in [1.807, 2.05) is 30.3 Å². The number of nitrogens with zero attached hydrogens (tertiary/aromatic N) is 3. The van der Waals surface area contributed by atoms with Crippen molar-refractivity contribution in [3.05, 3.63) is 94.2 Å². The molecule has 1 aromatic heterocycles. The van der Waals surface area contributed by atoms with E-state index in [4.69, 9.17) is 27.9 Å². The minimum atomic E-state index is 0.180. The Morgan fingerprint density at radius 2 is 1.47 bits per heavy atom. The Morgan fingerprint density at radius 1 is 0.833 bits per heavy atom. The standard InChI is InChI=1S/C24H21Cl2N3O/c1-16(2)23-22(29(28-27-23)24-20(25)9-6-10-21(24)26)15-30-19-13-11-18(12-14-19)17-7-4-3-5-8-17/h3-14,16H,15H2,1-2H3. The molecule has 0 atom stereocenters. The van der Waals surface area contributed by atoms with E-state index in [9.17, 15) is 0 Å². The van der Waals surface area contributed by atoms with Gasteiger partial charge in [-0.3, -0.25) is 0 Å². The lowest BCUT2D eigenvalue weighted by Crippen LogP contribution is -2.09. The van der Waals surface area contributed by atoms with Crippen LogP contribution in [0.3, 0.4) is 0 Å². The third kappa shape index (κ3) is 4.20. The van der Waals surface area contributed by atoms with Crippen LogP contribution < -0.4 is 4.74 Å². The second kappa shape index (κ2) is 8.90. The second-order valence-corrected chi connectivity index (χ2v) is 8.05. The maximum Gasteiger partial charge on any atom is 0.132 e. The fourth-order valence-corrected chi connectivity index (χ4v) is 3.85. The molecule has 0 bridgehead atoms. The van der Waals surface area contributed by atoms with Crippen LogP contribution >= 0.6 is 23.2 Å². The van der Waals surface area contributed by atoms with Crippen molar-refractivity contribution in [2.24, 2.45) is 0 Å². The molecule has 0 fully saturated rings. The topological polar surface area (TPSA) is 39.9 Å². The summed E-state index contributed by atoms with van der Waals surface area (Å²) in [5, 5.41) is 9.69. The molecule has 0 N–H and O–H groups in total. The van der Waals surface area contributed by atoms with Gasteiger partial charge in [-0.2, -0.15) is 0 Å². The fraction of sp³-hybridized carbons (Fsp3) is 0.167. The molecule has 0 spiro atoms. The molecule has 30 heavy (non-hydrogen) atoms. The maximum absolute atomic E-state index is 6.40. The molecule has 0 radical (unpaired) electrons. The van der Waals surface area contributed by atoms with E-state index in [1.165, 1.54) is 5.56 Å². The Kier molecular flexibility index (Phi) is 6.07. The molecule has 0 aliphatic carbocycles.